The molecule has 0 fully saturated rings. The Balaban J connectivity index is 2.98. The van der Waals surface area contributed by atoms with Crippen LogP contribution in [0.5, 0.6) is 5.75 Å². The molecule has 0 atom stereocenters. The fraction of sp³-hybridized carbons (Fsp3) is 0.364. The van der Waals surface area contributed by atoms with Crippen molar-refractivity contribution < 1.29 is 9.53 Å². The third-order valence-corrected chi connectivity index (χ3v) is 2.07. The summed E-state index contributed by atoms with van der Waals surface area (Å²) in [5.41, 5.74) is 3.46. The van der Waals surface area contributed by atoms with E-state index in [1.165, 1.54) is 5.56 Å². The molecule has 70 valence electrons. The van der Waals surface area contributed by atoms with Crippen molar-refractivity contribution in [3.63, 3.8) is 0 Å². The molecule has 13 heavy (non-hydrogen) atoms. The minimum atomic E-state index is 0.129. The second kappa shape index (κ2) is 4.08. The second-order valence-electron chi connectivity index (χ2n) is 3.18. The Morgan fingerprint density at radius 3 is 2.62 bits per heavy atom. The van der Waals surface area contributed by atoms with Crippen LogP contribution in [0.2, 0.25) is 0 Å². The number of benzene rings is 1. The standard InChI is InChI=1S/C11H14O2/c1-8-6-9(2)10(3)11(7-8)13-5-4-12/h4,6-7H,5H2,1-3H3. The molecule has 0 radical (unpaired) electrons. The van der Waals surface area contributed by atoms with Crippen molar-refractivity contribution in [1.29, 1.82) is 0 Å². The second-order valence-corrected chi connectivity index (χ2v) is 3.18. The summed E-state index contributed by atoms with van der Waals surface area (Å²) >= 11 is 0. The Morgan fingerprint density at radius 2 is 2.00 bits per heavy atom. The number of carbonyl (C=O) groups excluding carboxylic acids is 1. The van der Waals surface area contributed by atoms with Crippen LogP contribution in [0.4, 0.5) is 0 Å². The molecule has 0 N–H and O–H groups in total. The number of carbonyl (C=O) groups is 1. The number of ether oxygens (including phenoxy) is 1. The predicted molar refractivity (Wildman–Crippen MR) is 52.2 cm³/mol. The lowest BCUT2D eigenvalue weighted by atomic mass is 10.1. The predicted octanol–water partition coefficient (Wildman–Crippen LogP) is 2.19. The lowest BCUT2D eigenvalue weighted by Gasteiger charge is -2.09. The third kappa shape index (κ3) is 2.31. The molecule has 0 aliphatic rings. The highest BCUT2D eigenvalue weighted by Gasteiger charge is 2.02. The Morgan fingerprint density at radius 1 is 1.31 bits per heavy atom. The maximum atomic E-state index is 10.1. The first-order valence-electron chi connectivity index (χ1n) is 4.29. The molecule has 1 aromatic carbocycles. The van der Waals surface area contributed by atoms with Crippen LogP contribution in [-0.2, 0) is 4.79 Å². The van der Waals surface area contributed by atoms with Gasteiger partial charge >= 0.3 is 0 Å². The highest BCUT2D eigenvalue weighted by molar-refractivity contribution is 5.52. The molecule has 0 heterocycles. The molecule has 0 saturated heterocycles. The highest BCUT2D eigenvalue weighted by Crippen LogP contribution is 2.22. The summed E-state index contributed by atoms with van der Waals surface area (Å²) < 4.78 is 5.28. The van der Waals surface area contributed by atoms with E-state index < -0.39 is 0 Å². The number of hydrogen-bond donors (Lipinski definition) is 0. The monoisotopic (exact) mass is 178 g/mol. The quantitative estimate of drug-likeness (QED) is 0.663. The molecule has 0 spiro atoms. The lowest BCUT2D eigenvalue weighted by molar-refractivity contribution is -0.109. The average molecular weight is 178 g/mol. The Kier molecular flexibility index (Phi) is 3.07. The zero-order valence-corrected chi connectivity index (χ0v) is 8.26. The van der Waals surface area contributed by atoms with Crippen LogP contribution >= 0.6 is 0 Å². The van der Waals surface area contributed by atoms with Crippen LogP contribution in [-0.4, -0.2) is 12.9 Å². The van der Waals surface area contributed by atoms with Crippen LogP contribution in [0.3, 0.4) is 0 Å². The van der Waals surface area contributed by atoms with Gasteiger partial charge in [-0.2, -0.15) is 0 Å². The first-order valence-corrected chi connectivity index (χ1v) is 4.29. The maximum absolute atomic E-state index is 10.1. The lowest BCUT2D eigenvalue weighted by Crippen LogP contribution is -2.00. The van der Waals surface area contributed by atoms with E-state index in [2.05, 4.69) is 6.07 Å². The van der Waals surface area contributed by atoms with Gasteiger partial charge in [0.1, 0.15) is 12.4 Å². The minimum Gasteiger partial charge on any atom is -0.486 e. The molecule has 1 aromatic rings. The van der Waals surface area contributed by atoms with Gasteiger partial charge < -0.3 is 4.74 Å². The molecular weight excluding hydrogens is 164 g/mol. The average Bonchev–Trinajstić information content (AvgIpc) is 2.09. The molecular formula is C11H14O2. The largest absolute Gasteiger partial charge is 0.486 e. The van der Waals surface area contributed by atoms with Crippen molar-refractivity contribution in [3.05, 3.63) is 28.8 Å². The van der Waals surface area contributed by atoms with Gasteiger partial charge in [0.05, 0.1) is 0 Å². The van der Waals surface area contributed by atoms with E-state index in [1.54, 1.807) is 0 Å². The molecule has 0 unspecified atom stereocenters. The number of hydrogen-bond acceptors (Lipinski definition) is 2. The first-order chi connectivity index (χ1) is 6.15. The van der Waals surface area contributed by atoms with E-state index in [-0.39, 0.29) is 6.61 Å². The van der Waals surface area contributed by atoms with Gasteiger partial charge in [0, 0.05) is 0 Å². The van der Waals surface area contributed by atoms with Crippen molar-refractivity contribution in [1.82, 2.24) is 0 Å². The minimum absolute atomic E-state index is 0.129. The van der Waals surface area contributed by atoms with Gasteiger partial charge in [-0.25, -0.2) is 0 Å². The van der Waals surface area contributed by atoms with E-state index >= 15 is 0 Å². The fourth-order valence-electron chi connectivity index (χ4n) is 1.27. The zero-order chi connectivity index (χ0) is 9.84. The van der Waals surface area contributed by atoms with Gasteiger partial charge in [-0.05, 0) is 43.5 Å². The topological polar surface area (TPSA) is 26.3 Å². The van der Waals surface area contributed by atoms with E-state index in [1.807, 2.05) is 26.8 Å². The fourth-order valence-corrected chi connectivity index (χ4v) is 1.27. The van der Waals surface area contributed by atoms with Crippen LogP contribution in [0.15, 0.2) is 12.1 Å². The van der Waals surface area contributed by atoms with Gasteiger partial charge in [0.2, 0.25) is 0 Å². The molecule has 0 aliphatic heterocycles. The summed E-state index contributed by atoms with van der Waals surface area (Å²) in [6.07, 6.45) is 0.761. The van der Waals surface area contributed by atoms with Crippen molar-refractivity contribution >= 4 is 6.29 Å². The Bertz CT molecular complexity index is 316. The first kappa shape index (κ1) is 9.78. The molecule has 2 nitrogen and oxygen atoms in total. The van der Waals surface area contributed by atoms with Crippen molar-refractivity contribution in [2.24, 2.45) is 0 Å². The van der Waals surface area contributed by atoms with Gasteiger partial charge in [0.25, 0.3) is 0 Å². The Labute approximate surface area is 78.5 Å². The van der Waals surface area contributed by atoms with Crippen LogP contribution in [0, 0.1) is 20.8 Å². The summed E-state index contributed by atoms with van der Waals surface area (Å²) in [5.74, 6) is 0.810. The number of aldehydes is 1. The Hall–Kier alpha value is -1.31. The van der Waals surface area contributed by atoms with Crippen molar-refractivity contribution in [2.45, 2.75) is 20.8 Å². The van der Waals surface area contributed by atoms with Crippen LogP contribution in [0.25, 0.3) is 0 Å². The van der Waals surface area contributed by atoms with E-state index in [0.717, 1.165) is 23.2 Å². The number of aryl methyl sites for hydroxylation is 2. The smallest absolute Gasteiger partial charge is 0.157 e. The van der Waals surface area contributed by atoms with Crippen LogP contribution in [0.1, 0.15) is 16.7 Å². The zero-order valence-electron chi connectivity index (χ0n) is 8.26. The third-order valence-electron chi connectivity index (χ3n) is 2.07. The summed E-state index contributed by atoms with van der Waals surface area (Å²) in [4.78, 5) is 10.1. The molecule has 0 amide bonds. The van der Waals surface area contributed by atoms with Gasteiger partial charge in [-0.15, -0.1) is 0 Å². The maximum Gasteiger partial charge on any atom is 0.157 e. The van der Waals surface area contributed by atoms with Crippen molar-refractivity contribution in [2.75, 3.05) is 6.61 Å². The molecule has 2 heteroatoms. The molecule has 0 aliphatic carbocycles. The van der Waals surface area contributed by atoms with E-state index in [9.17, 15) is 4.79 Å². The normalized spacial score (nSPS) is 9.77. The molecule has 1 rings (SSSR count). The van der Waals surface area contributed by atoms with E-state index in [4.69, 9.17) is 4.74 Å². The molecule has 0 saturated carbocycles. The summed E-state index contributed by atoms with van der Waals surface area (Å²) in [5, 5.41) is 0. The molecule has 0 bridgehead atoms. The highest BCUT2D eigenvalue weighted by atomic mass is 16.5. The SMILES string of the molecule is Cc1cc(C)c(C)c(OCC=O)c1. The summed E-state index contributed by atoms with van der Waals surface area (Å²) in [6.45, 7) is 6.18. The van der Waals surface area contributed by atoms with Gasteiger partial charge in [-0.1, -0.05) is 6.07 Å². The van der Waals surface area contributed by atoms with Gasteiger partial charge in [0.15, 0.2) is 6.29 Å². The van der Waals surface area contributed by atoms with Crippen molar-refractivity contribution in [3.8, 4) is 5.75 Å². The van der Waals surface area contributed by atoms with Gasteiger partial charge in [-0.3, -0.25) is 4.79 Å². The van der Waals surface area contributed by atoms with Crippen LogP contribution < -0.4 is 4.74 Å². The molecule has 0 aromatic heterocycles. The number of rotatable bonds is 3. The summed E-state index contributed by atoms with van der Waals surface area (Å²) in [7, 11) is 0. The summed E-state index contributed by atoms with van der Waals surface area (Å²) in [6, 6.07) is 4.05. The van der Waals surface area contributed by atoms with E-state index in [0.29, 0.717) is 0 Å².